The molecule has 2 saturated heterocycles. The topological polar surface area (TPSA) is 221 Å². The molecule has 2 aliphatic heterocycles. The van der Waals surface area contributed by atoms with E-state index >= 15 is 0 Å². The largest absolute Gasteiger partial charge is 0.324 e. The molecule has 2 aromatic heterocycles. The first kappa shape index (κ1) is 17.3. The van der Waals surface area contributed by atoms with E-state index < -0.39 is 12.1 Å². The molecule has 18 heteroatoms. The van der Waals surface area contributed by atoms with Gasteiger partial charge in [-0.25, -0.2) is 0 Å². The SMILES string of the molecule is O=[N+]([O-])C1CN(c2nnc(N=Nc3nnc(N4CC([N+](=O)[O-])C4)nn3)nn2)C1. The highest BCUT2D eigenvalue weighted by Gasteiger charge is 2.38. The van der Waals surface area contributed by atoms with E-state index in [0.29, 0.717) is 0 Å². The van der Waals surface area contributed by atoms with Crippen LogP contribution in [-0.4, -0.2) is 88.9 Å². The van der Waals surface area contributed by atoms with Gasteiger partial charge in [0.2, 0.25) is 12.1 Å². The molecule has 28 heavy (non-hydrogen) atoms. The lowest BCUT2D eigenvalue weighted by Gasteiger charge is -2.32. The van der Waals surface area contributed by atoms with Crippen LogP contribution in [0.25, 0.3) is 0 Å². The molecular formula is C10H10N14O4. The van der Waals surface area contributed by atoms with Gasteiger partial charge in [-0.05, 0) is 0 Å². The maximum Gasteiger partial charge on any atom is 0.306 e. The van der Waals surface area contributed by atoms with Gasteiger partial charge in [-0.15, -0.1) is 51.0 Å². The molecule has 4 rings (SSSR count). The van der Waals surface area contributed by atoms with Crippen LogP contribution in [0.3, 0.4) is 0 Å². The molecule has 0 saturated carbocycles. The molecule has 0 aliphatic carbocycles. The van der Waals surface area contributed by atoms with Crippen LogP contribution < -0.4 is 9.80 Å². The van der Waals surface area contributed by atoms with E-state index in [0.717, 1.165) is 0 Å². The van der Waals surface area contributed by atoms with Crippen molar-refractivity contribution in [2.45, 2.75) is 12.1 Å². The highest BCUT2D eigenvalue weighted by Crippen LogP contribution is 2.18. The number of nitro groups is 2. The van der Waals surface area contributed by atoms with Crippen LogP contribution in [0.4, 0.5) is 23.8 Å². The first-order valence-electron chi connectivity index (χ1n) is 7.83. The van der Waals surface area contributed by atoms with Crippen molar-refractivity contribution in [3.05, 3.63) is 20.2 Å². The standard InChI is InChI=1S/C10H10N14O4/c25-23(26)5-1-21(2-5)9-17-13-7(14-18-9)11-12-8-15-19-10(20-16-8)22-3-6(4-22)24(27)28/h5-6H,1-4H2. The molecule has 18 nitrogen and oxygen atoms in total. The third-order valence-electron chi connectivity index (χ3n) is 4.03. The summed E-state index contributed by atoms with van der Waals surface area (Å²) >= 11 is 0. The van der Waals surface area contributed by atoms with E-state index in [1.54, 1.807) is 9.80 Å². The van der Waals surface area contributed by atoms with Gasteiger partial charge in [0.15, 0.2) is 0 Å². The van der Waals surface area contributed by atoms with Crippen LogP contribution in [0.5, 0.6) is 0 Å². The third kappa shape index (κ3) is 3.41. The summed E-state index contributed by atoms with van der Waals surface area (Å²) in [7, 11) is 0. The Morgan fingerprint density at radius 1 is 0.679 bits per heavy atom. The summed E-state index contributed by atoms with van der Waals surface area (Å²) in [5, 5.41) is 58.3. The number of rotatable bonds is 6. The van der Waals surface area contributed by atoms with Crippen LogP contribution in [0, 0.1) is 20.2 Å². The Labute approximate surface area is 154 Å². The lowest BCUT2D eigenvalue weighted by atomic mass is 10.1. The summed E-state index contributed by atoms with van der Waals surface area (Å²) in [5.41, 5.74) is 0. The van der Waals surface area contributed by atoms with Crippen molar-refractivity contribution in [3.8, 4) is 0 Å². The van der Waals surface area contributed by atoms with Crippen LogP contribution >= 0.6 is 0 Å². The van der Waals surface area contributed by atoms with Crippen molar-refractivity contribution in [2.24, 2.45) is 10.2 Å². The number of hydrogen-bond acceptors (Lipinski definition) is 16. The molecule has 0 N–H and O–H groups in total. The first-order valence-corrected chi connectivity index (χ1v) is 7.83. The Morgan fingerprint density at radius 2 is 1.00 bits per heavy atom. The molecule has 144 valence electrons. The van der Waals surface area contributed by atoms with Crippen LogP contribution in [-0.2, 0) is 0 Å². The van der Waals surface area contributed by atoms with Gasteiger partial charge in [-0.1, -0.05) is 0 Å². The summed E-state index contributed by atoms with van der Waals surface area (Å²) < 4.78 is 0. The van der Waals surface area contributed by atoms with Crippen molar-refractivity contribution >= 4 is 23.8 Å². The second-order valence-electron chi connectivity index (χ2n) is 5.89. The predicted octanol–water partition coefficient (Wildman–Crippen LogP) is -1.81. The predicted molar refractivity (Wildman–Crippen MR) is 85.4 cm³/mol. The highest BCUT2D eigenvalue weighted by atomic mass is 16.6. The average molecular weight is 390 g/mol. The second-order valence-corrected chi connectivity index (χ2v) is 5.89. The van der Waals surface area contributed by atoms with Crippen molar-refractivity contribution in [1.82, 2.24) is 40.8 Å². The van der Waals surface area contributed by atoms with Crippen LogP contribution in [0.2, 0.25) is 0 Å². The molecule has 0 bridgehead atoms. The van der Waals surface area contributed by atoms with Gasteiger partial charge >= 0.3 is 11.9 Å². The van der Waals surface area contributed by atoms with Gasteiger partial charge in [0.25, 0.3) is 11.9 Å². The maximum atomic E-state index is 10.6. The molecule has 0 aromatic carbocycles. The Morgan fingerprint density at radius 3 is 1.29 bits per heavy atom. The molecule has 2 fully saturated rings. The van der Waals surface area contributed by atoms with Crippen molar-refractivity contribution < 1.29 is 9.85 Å². The number of aromatic nitrogens is 8. The zero-order chi connectivity index (χ0) is 19.7. The summed E-state index contributed by atoms with van der Waals surface area (Å²) in [6.07, 6.45) is 0. The summed E-state index contributed by atoms with van der Waals surface area (Å²) in [4.78, 5) is 23.5. The van der Waals surface area contributed by atoms with Crippen LogP contribution in [0.1, 0.15) is 0 Å². The average Bonchev–Trinajstić information content (AvgIpc) is 2.59. The second kappa shape index (κ2) is 6.89. The van der Waals surface area contributed by atoms with Gasteiger partial charge in [-0.3, -0.25) is 20.2 Å². The molecule has 0 amide bonds. The minimum atomic E-state index is -0.648. The smallest absolute Gasteiger partial charge is 0.306 e. The van der Waals surface area contributed by atoms with Crippen molar-refractivity contribution in [3.63, 3.8) is 0 Å². The van der Waals surface area contributed by atoms with Crippen LogP contribution in [0.15, 0.2) is 10.2 Å². The number of nitrogens with zero attached hydrogens (tertiary/aromatic N) is 14. The van der Waals surface area contributed by atoms with Gasteiger partial charge in [-0.2, -0.15) is 0 Å². The normalized spacial score (nSPS) is 17.4. The van der Waals surface area contributed by atoms with E-state index in [1.165, 1.54) is 0 Å². The van der Waals surface area contributed by atoms with E-state index in [4.69, 9.17) is 0 Å². The molecule has 0 radical (unpaired) electrons. The Balaban J connectivity index is 1.32. The van der Waals surface area contributed by atoms with Crippen molar-refractivity contribution in [1.29, 1.82) is 0 Å². The quantitative estimate of drug-likeness (QED) is 0.301. The van der Waals surface area contributed by atoms with Gasteiger partial charge in [0.05, 0.1) is 26.2 Å². The maximum absolute atomic E-state index is 10.6. The minimum Gasteiger partial charge on any atom is -0.324 e. The zero-order valence-corrected chi connectivity index (χ0v) is 13.9. The minimum absolute atomic E-state index is 0.156. The number of anilines is 2. The van der Waals surface area contributed by atoms with E-state index in [9.17, 15) is 20.2 Å². The molecular weight excluding hydrogens is 380 g/mol. The zero-order valence-electron chi connectivity index (χ0n) is 13.9. The molecule has 4 heterocycles. The monoisotopic (exact) mass is 390 g/mol. The highest BCUT2D eigenvalue weighted by molar-refractivity contribution is 5.33. The molecule has 0 unspecified atom stereocenters. The Hall–Kier alpha value is -4.12. The lowest BCUT2D eigenvalue weighted by Crippen LogP contribution is -2.55. The fourth-order valence-electron chi connectivity index (χ4n) is 2.36. The Bertz CT molecular complexity index is 831. The Kier molecular flexibility index (Phi) is 4.26. The van der Waals surface area contributed by atoms with E-state index in [2.05, 4.69) is 51.0 Å². The fourth-order valence-corrected chi connectivity index (χ4v) is 2.36. The number of azo groups is 1. The molecule has 2 aromatic rings. The summed E-state index contributed by atoms with van der Waals surface area (Å²) in [6.45, 7) is 0.755. The fraction of sp³-hybridized carbons (Fsp3) is 0.600. The summed E-state index contributed by atoms with van der Waals surface area (Å²) in [5.74, 6) is -0.0224. The lowest BCUT2D eigenvalue weighted by molar-refractivity contribution is -0.525. The molecule has 0 spiro atoms. The van der Waals surface area contributed by atoms with Gasteiger partial charge in [0, 0.05) is 9.85 Å². The summed E-state index contributed by atoms with van der Waals surface area (Å²) in [6, 6.07) is -1.30. The van der Waals surface area contributed by atoms with Gasteiger partial charge in [0.1, 0.15) is 0 Å². The van der Waals surface area contributed by atoms with E-state index in [1.807, 2.05) is 0 Å². The third-order valence-corrected chi connectivity index (χ3v) is 4.03. The molecule has 0 atom stereocenters. The van der Waals surface area contributed by atoms with Gasteiger partial charge < -0.3 is 9.80 Å². The van der Waals surface area contributed by atoms with Crippen molar-refractivity contribution in [2.75, 3.05) is 36.0 Å². The number of hydrogen-bond donors (Lipinski definition) is 0. The first-order chi connectivity index (χ1) is 13.5. The molecule has 2 aliphatic rings. The van der Waals surface area contributed by atoms with E-state index in [-0.39, 0.29) is 59.8 Å².